The number of nitrogen functional groups attached to an aromatic ring is 1. The van der Waals surface area contributed by atoms with Crippen LogP contribution in [-0.2, 0) is 0 Å². The van der Waals surface area contributed by atoms with Crippen LogP contribution in [0.25, 0.3) is 10.9 Å². The fourth-order valence-corrected chi connectivity index (χ4v) is 2.58. The van der Waals surface area contributed by atoms with Crippen molar-refractivity contribution in [1.82, 2.24) is 15.5 Å². The van der Waals surface area contributed by atoms with Gasteiger partial charge < -0.3 is 16.2 Å². The monoisotopic (exact) mass is 294 g/mol. The molecule has 108 valence electrons. The molecule has 1 amide bonds. The van der Waals surface area contributed by atoms with Gasteiger partial charge in [-0.25, -0.2) is 0 Å². The number of nitrogens with zero attached hydrogens (tertiary/aromatic N) is 1. The summed E-state index contributed by atoms with van der Waals surface area (Å²) in [5.74, 6) is 1.51. The van der Waals surface area contributed by atoms with Gasteiger partial charge in [0.25, 0.3) is 5.91 Å². The van der Waals surface area contributed by atoms with Crippen LogP contribution < -0.4 is 11.1 Å². The molecule has 0 atom stereocenters. The van der Waals surface area contributed by atoms with Crippen LogP contribution in [0.15, 0.2) is 18.2 Å². The Bertz CT molecular complexity index is 585. The zero-order valence-electron chi connectivity index (χ0n) is 11.1. The van der Waals surface area contributed by atoms with Gasteiger partial charge in [0.05, 0.1) is 5.52 Å². The molecule has 5 N–H and O–H groups in total. The maximum absolute atomic E-state index is 12.0. The first kappa shape index (κ1) is 14.7. The number of nitrogens with one attached hydrogen (secondary N) is 2. The highest BCUT2D eigenvalue weighted by molar-refractivity contribution is 7.99. The molecular formula is C13H18N4O2S. The second kappa shape index (κ2) is 7.16. The van der Waals surface area contributed by atoms with Crippen molar-refractivity contribution in [2.45, 2.75) is 6.42 Å². The molecule has 0 fully saturated rings. The van der Waals surface area contributed by atoms with Crippen LogP contribution in [0.1, 0.15) is 16.9 Å². The van der Waals surface area contributed by atoms with Gasteiger partial charge in [-0.2, -0.15) is 16.9 Å². The predicted molar refractivity (Wildman–Crippen MR) is 81.9 cm³/mol. The second-order valence-electron chi connectivity index (χ2n) is 4.32. The Morgan fingerprint density at radius 1 is 1.45 bits per heavy atom. The number of hydrogen-bond acceptors (Lipinski definition) is 5. The number of benzene rings is 1. The van der Waals surface area contributed by atoms with E-state index in [1.807, 2.05) is 0 Å². The van der Waals surface area contributed by atoms with Gasteiger partial charge in [-0.05, 0) is 30.4 Å². The molecule has 0 saturated carbocycles. The Labute approximate surface area is 121 Å². The molecule has 1 aromatic carbocycles. The largest absolute Gasteiger partial charge is 0.399 e. The fraction of sp³-hybridized carbons (Fsp3) is 0.385. The third kappa shape index (κ3) is 3.64. The number of rotatable bonds is 7. The normalized spacial score (nSPS) is 10.8. The van der Waals surface area contributed by atoms with Crippen molar-refractivity contribution in [3.8, 4) is 0 Å². The highest BCUT2D eigenvalue weighted by atomic mass is 32.2. The lowest BCUT2D eigenvalue weighted by atomic mass is 10.2. The number of anilines is 1. The highest BCUT2D eigenvalue weighted by Crippen LogP contribution is 2.18. The van der Waals surface area contributed by atoms with Crippen LogP contribution >= 0.6 is 11.8 Å². The van der Waals surface area contributed by atoms with Gasteiger partial charge in [-0.15, -0.1) is 0 Å². The number of hydrogen-bond donors (Lipinski definition) is 4. The minimum Gasteiger partial charge on any atom is -0.399 e. The molecule has 1 heterocycles. The Kier molecular flexibility index (Phi) is 5.25. The van der Waals surface area contributed by atoms with Crippen molar-refractivity contribution in [1.29, 1.82) is 0 Å². The van der Waals surface area contributed by atoms with Crippen molar-refractivity contribution in [3.63, 3.8) is 0 Å². The van der Waals surface area contributed by atoms with Gasteiger partial charge >= 0.3 is 0 Å². The van der Waals surface area contributed by atoms with Crippen molar-refractivity contribution in [2.75, 3.05) is 30.4 Å². The molecule has 6 nitrogen and oxygen atoms in total. The van der Waals surface area contributed by atoms with Crippen molar-refractivity contribution >= 4 is 34.3 Å². The van der Waals surface area contributed by atoms with E-state index in [4.69, 9.17) is 10.8 Å². The molecule has 0 saturated heterocycles. The summed E-state index contributed by atoms with van der Waals surface area (Å²) >= 11 is 1.70. The number of carbonyl (C=O) groups excluding carboxylic acids is 1. The molecule has 7 heteroatoms. The zero-order valence-corrected chi connectivity index (χ0v) is 11.9. The van der Waals surface area contributed by atoms with E-state index in [2.05, 4.69) is 15.5 Å². The van der Waals surface area contributed by atoms with Gasteiger partial charge in [0, 0.05) is 30.0 Å². The van der Waals surface area contributed by atoms with E-state index in [-0.39, 0.29) is 12.5 Å². The zero-order chi connectivity index (χ0) is 14.4. The van der Waals surface area contributed by atoms with Crippen LogP contribution in [0.3, 0.4) is 0 Å². The van der Waals surface area contributed by atoms with Gasteiger partial charge in [-0.3, -0.25) is 9.89 Å². The summed E-state index contributed by atoms with van der Waals surface area (Å²) in [6, 6.07) is 5.31. The first-order valence-corrected chi connectivity index (χ1v) is 7.58. The molecular weight excluding hydrogens is 276 g/mol. The summed E-state index contributed by atoms with van der Waals surface area (Å²) in [5, 5.41) is 19.1. The lowest BCUT2D eigenvalue weighted by Crippen LogP contribution is -2.26. The van der Waals surface area contributed by atoms with Crippen molar-refractivity contribution in [3.05, 3.63) is 23.9 Å². The molecule has 20 heavy (non-hydrogen) atoms. The number of fused-ring (bicyclic) bond motifs is 1. The fourth-order valence-electron chi connectivity index (χ4n) is 1.79. The van der Waals surface area contributed by atoms with Crippen molar-refractivity contribution < 1.29 is 9.90 Å². The molecule has 0 aliphatic heterocycles. The van der Waals surface area contributed by atoms with E-state index in [0.717, 1.165) is 28.8 Å². The van der Waals surface area contributed by atoms with E-state index >= 15 is 0 Å². The summed E-state index contributed by atoms with van der Waals surface area (Å²) in [4.78, 5) is 12.0. The van der Waals surface area contributed by atoms with Crippen molar-refractivity contribution in [2.24, 2.45) is 0 Å². The first-order valence-electron chi connectivity index (χ1n) is 6.43. The number of H-pyrrole nitrogens is 1. The minimum absolute atomic E-state index is 0.204. The van der Waals surface area contributed by atoms with Gasteiger partial charge in [0.1, 0.15) is 0 Å². The number of aromatic amines is 1. The molecule has 0 unspecified atom stereocenters. The predicted octanol–water partition coefficient (Wildman–Crippen LogP) is 0.990. The summed E-state index contributed by atoms with van der Waals surface area (Å²) in [6.45, 7) is 0.783. The van der Waals surface area contributed by atoms with Crippen LogP contribution in [0.4, 0.5) is 5.69 Å². The maximum atomic E-state index is 12.0. The number of aliphatic hydroxyl groups excluding tert-OH is 1. The maximum Gasteiger partial charge on any atom is 0.272 e. The smallest absolute Gasteiger partial charge is 0.272 e. The lowest BCUT2D eigenvalue weighted by molar-refractivity contribution is 0.0953. The number of aliphatic hydroxyl groups is 1. The molecule has 0 aliphatic carbocycles. The first-order chi connectivity index (χ1) is 9.72. The Morgan fingerprint density at radius 3 is 3.10 bits per heavy atom. The SMILES string of the molecule is Nc1ccc2[nH]nc(C(=O)NCCSCCCO)c2c1. The molecule has 0 radical (unpaired) electrons. The third-order valence-corrected chi connectivity index (χ3v) is 3.85. The third-order valence-electron chi connectivity index (χ3n) is 2.78. The van der Waals surface area contributed by atoms with Gasteiger partial charge in [0.2, 0.25) is 0 Å². The Balaban J connectivity index is 1.89. The topological polar surface area (TPSA) is 104 Å². The highest BCUT2D eigenvalue weighted by Gasteiger charge is 2.13. The minimum atomic E-state index is -0.204. The van der Waals surface area contributed by atoms with E-state index in [9.17, 15) is 4.79 Å². The summed E-state index contributed by atoms with van der Waals surface area (Å²) in [6.07, 6.45) is 0.780. The number of aromatic nitrogens is 2. The van der Waals surface area contributed by atoms with Crippen LogP contribution in [0.5, 0.6) is 0 Å². The second-order valence-corrected chi connectivity index (χ2v) is 5.55. The quantitative estimate of drug-likeness (QED) is 0.450. The number of nitrogens with two attached hydrogens (primary N) is 1. The molecule has 2 rings (SSSR count). The average Bonchev–Trinajstić information content (AvgIpc) is 2.85. The van der Waals surface area contributed by atoms with E-state index < -0.39 is 0 Å². The molecule has 0 aliphatic rings. The number of thioether (sulfide) groups is 1. The summed E-state index contributed by atoms with van der Waals surface area (Å²) in [5.41, 5.74) is 7.49. The van der Waals surface area contributed by atoms with Gasteiger partial charge in [0.15, 0.2) is 5.69 Å². The Morgan fingerprint density at radius 2 is 2.30 bits per heavy atom. The summed E-state index contributed by atoms with van der Waals surface area (Å²) in [7, 11) is 0. The number of amides is 1. The van der Waals surface area contributed by atoms with Crippen LogP contribution in [0.2, 0.25) is 0 Å². The lowest BCUT2D eigenvalue weighted by Gasteiger charge is -2.03. The average molecular weight is 294 g/mol. The Hall–Kier alpha value is -1.73. The van der Waals surface area contributed by atoms with Crippen LogP contribution in [0, 0.1) is 0 Å². The number of carbonyl (C=O) groups is 1. The van der Waals surface area contributed by atoms with Crippen LogP contribution in [-0.4, -0.2) is 45.9 Å². The molecule has 1 aromatic heterocycles. The van der Waals surface area contributed by atoms with E-state index in [1.54, 1.807) is 30.0 Å². The van der Waals surface area contributed by atoms with E-state index in [1.165, 1.54) is 0 Å². The molecule has 0 bridgehead atoms. The van der Waals surface area contributed by atoms with Gasteiger partial charge in [-0.1, -0.05) is 0 Å². The summed E-state index contributed by atoms with van der Waals surface area (Å²) < 4.78 is 0. The standard InChI is InChI=1S/C13H18N4O2S/c14-9-2-3-11-10(8-9)12(17-16-11)13(19)15-4-7-20-6-1-5-18/h2-3,8,18H,1,4-7,14H2,(H,15,19)(H,16,17). The molecule has 2 aromatic rings. The van der Waals surface area contributed by atoms with E-state index in [0.29, 0.717) is 17.9 Å². The molecule has 0 spiro atoms.